The molecule has 4 heteroatoms. The number of hydrogen-bond donors (Lipinski definition) is 0. The SMILES string of the molecule is CCc1ccccc1OC(C)C(=O)c1ccc(F)c(F)c1. The Balaban J connectivity index is 2.17. The first-order valence-corrected chi connectivity index (χ1v) is 6.76. The summed E-state index contributed by atoms with van der Waals surface area (Å²) >= 11 is 0. The zero-order valence-electron chi connectivity index (χ0n) is 11.9. The van der Waals surface area contributed by atoms with Crippen molar-refractivity contribution in [2.45, 2.75) is 26.4 Å². The van der Waals surface area contributed by atoms with Crippen LogP contribution in [-0.2, 0) is 6.42 Å². The highest BCUT2D eigenvalue weighted by Gasteiger charge is 2.19. The lowest BCUT2D eigenvalue weighted by Gasteiger charge is -2.16. The van der Waals surface area contributed by atoms with Crippen LogP contribution in [0.15, 0.2) is 42.5 Å². The van der Waals surface area contributed by atoms with Crippen molar-refractivity contribution in [1.29, 1.82) is 0 Å². The van der Waals surface area contributed by atoms with Gasteiger partial charge in [0.15, 0.2) is 17.7 Å². The molecule has 0 radical (unpaired) electrons. The van der Waals surface area contributed by atoms with Gasteiger partial charge in [0, 0.05) is 5.56 Å². The molecule has 0 aliphatic carbocycles. The summed E-state index contributed by atoms with van der Waals surface area (Å²) in [6.45, 7) is 3.58. The van der Waals surface area contributed by atoms with Gasteiger partial charge in [-0.25, -0.2) is 8.78 Å². The molecule has 0 aliphatic rings. The maximum Gasteiger partial charge on any atom is 0.203 e. The van der Waals surface area contributed by atoms with Gasteiger partial charge in [0.2, 0.25) is 5.78 Å². The van der Waals surface area contributed by atoms with E-state index in [9.17, 15) is 13.6 Å². The Morgan fingerprint density at radius 3 is 2.52 bits per heavy atom. The van der Waals surface area contributed by atoms with Crippen LogP contribution in [0.3, 0.4) is 0 Å². The van der Waals surface area contributed by atoms with E-state index in [2.05, 4.69) is 0 Å². The van der Waals surface area contributed by atoms with Gasteiger partial charge in [-0.05, 0) is 43.2 Å². The van der Waals surface area contributed by atoms with Crippen molar-refractivity contribution < 1.29 is 18.3 Å². The van der Waals surface area contributed by atoms with Gasteiger partial charge >= 0.3 is 0 Å². The van der Waals surface area contributed by atoms with E-state index in [1.807, 2.05) is 25.1 Å². The third kappa shape index (κ3) is 3.45. The maximum atomic E-state index is 13.2. The van der Waals surface area contributed by atoms with Crippen LogP contribution in [0.4, 0.5) is 8.78 Å². The number of ketones is 1. The van der Waals surface area contributed by atoms with Crippen molar-refractivity contribution in [2.24, 2.45) is 0 Å². The molecule has 0 amide bonds. The molecule has 0 aliphatic heterocycles. The molecule has 0 heterocycles. The summed E-state index contributed by atoms with van der Waals surface area (Å²) in [5.74, 6) is -1.78. The predicted molar refractivity (Wildman–Crippen MR) is 76.6 cm³/mol. The summed E-state index contributed by atoms with van der Waals surface area (Å²) in [4.78, 5) is 12.2. The van der Waals surface area contributed by atoms with Crippen LogP contribution in [0.5, 0.6) is 5.75 Å². The minimum Gasteiger partial charge on any atom is -0.482 e. The molecule has 2 aromatic rings. The molecule has 21 heavy (non-hydrogen) atoms. The molecule has 0 spiro atoms. The predicted octanol–water partition coefficient (Wildman–Crippen LogP) is 4.18. The second-order valence-electron chi connectivity index (χ2n) is 4.71. The number of Topliss-reactive ketones (excluding diaryl/α,β-unsaturated/α-hetero) is 1. The number of hydrogen-bond acceptors (Lipinski definition) is 2. The van der Waals surface area contributed by atoms with Gasteiger partial charge in [0.25, 0.3) is 0 Å². The topological polar surface area (TPSA) is 26.3 Å². The van der Waals surface area contributed by atoms with Gasteiger partial charge in [0.1, 0.15) is 5.75 Å². The number of benzene rings is 2. The zero-order chi connectivity index (χ0) is 15.4. The molecule has 0 bridgehead atoms. The molecule has 0 N–H and O–H groups in total. The fraction of sp³-hybridized carbons (Fsp3) is 0.235. The van der Waals surface area contributed by atoms with E-state index < -0.39 is 17.7 Å². The van der Waals surface area contributed by atoms with E-state index in [-0.39, 0.29) is 11.3 Å². The van der Waals surface area contributed by atoms with Gasteiger partial charge in [-0.15, -0.1) is 0 Å². The lowest BCUT2D eigenvalue weighted by molar-refractivity contribution is 0.0816. The van der Waals surface area contributed by atoms with Crippen LogP contribution in [0.1, 0.15) is 29.8 Å². The summed E-state index contributed by atoms with van der Waals surface area (Å²) in [7, 11) is 0. The molecule has 2 nitrogen and oxygen atoms in total. The lowest BCUT2D eigenvalue weighted by atomic mass is 10.1. The summed E-state index contributed by atoms with van der Waals surface area (Å²) < 4.78 is 31.7. The highest BCUT2D eigenvalue weighted by molar-refractivity contribution is 5.99. The Hall–Kier alpha value is -2.23. The van der Waals surface area contributed by atoms with Crippen molar-refractivity contribution in [2.75, 3.05) is 0 Å². The first-order chi connectivity index (χ1) is 10.0. The summed E-state index contributed by atoms with van der Waals surface area (Å²) in [5, 5.41) is 0. The fourth-order valence-corrected chi connectivity index (χ4v) is 2.04. The normalized spacial score (nSPS) is 12.0. The summed E-state index contributed by atoms with van der Waals surface area (Å²) in [6.07, 6.45) is 0.00461. The molecule has 1 atom stereocenters. The number of para-hydroxylation sites is 1. The van der Waals surface area contributed by atoms with Gasteiger partial charge in [-0.1, -0.05) is 25.1 Å². The van der Waals surface area contributed by atoms with E-state index in [4.69, 9.17) is 4.74 Å². The Morgan fingerprint density at radius 2 is 1.86 bits per heavy atom. The average molecular weight is 290 g/mol. The van der Waals surface area contributed by atoms with Crippen LogP contribution in [-0.4, -0.2) is 11.9 Å². The molecule has 110 valence electrons. The summed E-state index contributed by atoms with van der Waals surface area (Å²) in [5.41, 5.74) is 1.08. The van der Waals surface area contributed by atoms with E-state index >= 15 is 0 Å². The smallest absolute Gasteiger partial charge is 0.203 e. The number of carbonyl (C=O) groups excluding carboxylic acids is 1. The molecular weight excluding hydrogens is 274 g/mol. The number of rotatable bonds is 5. The molecule has 2 aromatic carbocycles. The number of halogens is 2. The molecule has 0 aromatic heterocycles. The van der Waals surface area contributed by atoms with Crippen molar-refractivity contribution in [3.05, 3.63) is 65.2 Å². The minimum atomic E-state index is -1.04. The second kappa shape index (κ2) is 6.48. The molecule has 0 saturated carbocycles. The van der Waals surface area contributed by atoms with E-state index in [1.54, 1.807) is 13.0 Å². The fourth-order valence-electron chi connectivity index (χ4n) is 2.04. The van der Waals surface area contributed by atoms with E-state index in [0.29, 0.717) is 5.75 Å². The van der Waals surface area contributed by atoms with Crippen LogP contribution < -0.4 is 4.74 Å². The molecule has 1 unspecified atom stereocenters. The molecule has 2 rings (SSSR count). The maximum absolute atomic E-state index is 13.2. The molecule has 0 fully saturated rings. The Bertz CT molecular complexity index is 653. The van der Waals surface area contributed by atoms with Crippen molar-refractivity contribution in [3.63, 3.8) is 0 Å². The van der Waals surface area contributed by atoms with Gasteiger partial charge in [-0.3, -0.25) is 4.79 Å². The summed E-state index contributed by atoms with van der Waals surface area (Å²) in [6, 6.07) is 10.5. The second-order valence-corrected chi connectivity index (χ2v) is 4.71. The Labute approximate surface area is 122 Å². The number of aryl methyl sites for hydroxylation is 1. The van der Waals surface area contributed by atoms with Crippen LogP contribution >= 0.6 is 0 Å². The largest absolute Gasteiger partial charge is 0.482 e. The first kappa shape index (κ1) is 15.2. The highest BCUT2D eigenvalue weighted by Crippen LogP contribution is 2.21. The molecule has 0 saturated heterocycles. The Morgan fingerprint density at radius 1 is 1.14 bits per heavy atom. The van der Waals surface area contributed by atoms with Crippen LogP contribution in [0.2, 0.25) is 0 Å². The van der Waals surface area contributed by atoms with Crippen molar-refractivity contribution in [3.8, 4) is 5.75 Å². The lowest BCUT2D eigenvalue weighted by Crippen LogP contribution is -2.24. The monoisotopic (exact) mass is 290 g/mol. The number of ether oxygens (including phenoxy) is 1. The third-order valence-corrected chi connectivity index (χ3v) is 3.23. The minimum absolute atomic E-state index is 0.0929. The molecular formula is C17H16F2O2. The zero-order valence-corrected chi connectivity index (χ0v) is 11.9. The van der Waals surface area contributed by atoms with E-state index in [0.717, 1.165) is 24.1 Å². The first-order valence-electron chi connectivity index (χ1n) is 6.76. The van der Waals surface area contributed by atoms with Gasteiger partial charge in [0.05, 0.1) is 0 Å². The van der Waals surface area contributed by atoms with Crippen molar-refractivity contribution in [1.82, 2.24) is 0 Å². The van der Waals surface area contributed by atoms with Gasteiger partial charge in [-0.2, -0.15) is 0 Å². The van der Waals surface area contributed by atoms with E-state index in [1.165, 1.54) is 6.07 Å². The van der Waals surface area contributed by atoms with Crippen LogP contribution in [0.25, 0.3) is 0 Å². The van der Waals surface area contributed by atoms with Crippen molar-refractivity contribution >= 4 is 5.78 Å². The van der Waals surface area contributed by atoms with Gasteiger partial charge < -0.3 is 4.74 Å². The third-order valence-electron chi connectivity index (χ3n) is 3.23. The Kier molecular flexibility index (Phi) is 4.68. The highest BCUT2D eigenvalue weighted by atomic mass is 19.2. The quantitative estimate of drug-likeness (QED) is 0.772. The average Bonchev–Trinajstić information content (AvgIpc) is 2.49. The standard InChI is InChI=1S/C17H16F2O2/c1-3-12-6-4-5-7-16(12)21-11(2)17(20)13-8-9-14(18)15(19)10-13/h4-11H,3H2,1-2H3. The van der Waals surface area contributed by atoms with Crippen LogP contribution in [0, 0.1) is 11.6 Å². The number of carbonyl (C=O) groups is 1.